The summed E-state index contributed by atoms with van der Waals surface area (Å²) in [4.78, 5) is -1.03. The number of hydrogen-bond donors (Lipinski definition) is 3. The third kappa shape index (κ3) is 12.7. The molecule has 0 radical (unpaired) electrons. The van der Waals surface area contributed by atoms with Gasteiger partial charge in [0.1, 0.15) is 6.54 Å². The molecule has 0 amide bonds. The minimum Gasteiger partial charge on any atom is -0.324 e. The molecule has 0 aromatic heterocycles. The van der Waals surface area contributed by atoms with Crippen LogP contribution in [0.15, 0.2) is 0 Å². The van der Waals surface area contributed by atoms with Crippen LogP contribution in [0.5, 0.6) is 0 Å². The lowest BCUT2D eigenvalue weighted by Crippen LogP contribution is -2.51. The summed E-state index contributed by atoms with van der Waals surface area (Å²) < 4.78 is 35.1. The number of rotatable bonds is 9. The van der Waals surface area contributed by atoms with Crippen LogP contribution in [-0.2, 0) is 19.3 Å². The van der Waals surface area contributed by atoms with Crippen molar-refractivity contribution in [2.45, 2.75) is 52.7 Å². The highest BCUT2D eigenvalue weighted by Crippen LogP contribution is 2.11. The van der Waals surface area contributed by atoms with Gasteiger partial charge in [-0.05, 0) is 18.2 Å². The first kappa shape index (κ1) is 22.0. The molecule has 1 unspecified atom stereocenters. The zero-order valence-corrected chi connectivity index (χ0v) is 13.5. The van der Waals surface area contributed by atoms with Crippen LogP contribution in [0.1, 0.15) is 46.5 Å². The number of quaternary nitrogens is 1. The van der Waals surface area contributed by atoms with Crippen LogP contribution in [0.2, 0.25) is 0 Å². The van der Waals surface area contributed by atoms with Crippen LogP contribution in [0.4, 0.5) is 0 Å². The summed E-state index contributed by atoms with van der Waals surface area (Å²) in [7, 11) is -3.29. The molecule has 1 atom stereocenters. The Morgan fingerprint density at radius 2 is 1.65 bits per heavy atom. The second-order valence-corrected chi connectivity index (χ2v) is 5.33. The molecule has 9 heteroatoms. The van der Waals surface area contributed by atoms with E-state index in [-0.39, 0.29) is 6.54 Å². The number of ether oxygens (including phenoxy) is 1. The number of hydrogen-bond acceptors (Lipinski definition) is 6. The molecule has 20 heavy (non-hydrogen) atoms. The molecule has 0 saturated carbocycles. The fraction of sp³-hybridized carbons (Fsp3) is 1.00. The van der Waals surface area contributed by atoms with Crippen molar-refractivity contribution < 1.29 is 37.1 Å². The van der Waals surface area contributed by atoms with Crippen LogP contribution in [-0.4, -0.2) is 54.7 Å². The van der Waals surface area contributed by atoms with Crippen molar-refractivity contribution in [2.75, 3.05) is 20.3 Å². The number of hydroxylamine groups is 4. The van der Waals surface area contributed by atoms with Crippen LogP contribution in [0, 0.1) is 0 Å². The Hall–Kier alpha value is -0.290. The van der Waals surface area contributed by atoms with E-state index in [2.05, 4.69) is 11.1 Å². The van der Waals surface area contributed by atoms with E-state index in [1.807, 2.05) is 6.92 Å². The molecule has 124 valence electrons. The average Bonchev–Trinajstić information content (AvgIpc) is 2.38. The smallest absolute Gasteiger partial charge is 0.324 e. The predicted octanol–water partition coefficient (Wildman–Crippen LogP) is 1.98. The number of unbranched alkanes of at least 4 members (excludes halogenated alkanes) is 2. The van der Waals surface area contributed by atoms with E-state index in [4.69, 9.17) is 9.29 Å². The fourth-order valence-corrected chi connectivity index (χ4v) is 1.30. The third-order valence-corrected chi connectivity index (χ3v) is 2.97. The Kier molecular flexibility index (Phi) is 12.5. The van der Waals surface area contributed by atoms with Crippen molar-refractivity contribution in [1.29, 1.82) is 0 Å². The molecule has 0 bridgehead atoms. The zero-order valence-electron chi connectivity index (χ0n) is 12.7. The predicted molar refractivity (Wildman–Crippen MR) is 72.5 cm³/mol. The molecule has 0 rings (SSSR count). The van der Waals surface area contributed by atoms with Crippen molar-refractivity contribution in [3.63, 3.8) is 0 Å². The van der Waals surface area contributed by atoms with E-state index in [0.29, 0.717) is 13.0 Å². The van der Waals surface area contributed by atoms with Crippen LogP contribution < -0.4 is 0 Å². The number of nitrogens with zero attached hydrogens (tertiary/aromatic N) is 1. The maximum absolute atomic E-state index is 9.51. The lowest BCUT2D eigenvalue weighted by Gasteiger charge is -2.27. The second kappa shape index (κ2) is 11.4. The summed E-state index contributed by atoms with van der Waals surface area (Å²) in [6.45, 7) is 6.58. The highest BCUT2D eigenvalue weighted by molar-refractivity contribution is 7.80. The van der Waals surface area contributed by atoms with Gasteiger partial charge in [0.25, 0.3) is 6.23 Å². The van der Waals surface area contributed by atoms with E-state index in [1.54, 1.807) is 6.92 Å². The normalized spacial score (nSPS) is 13.6. The summed E-state index contributed by atoms with van der Waals surface area (Å²) in [5, 5.41) is 19.0. The van der Waals surface area contributed by atoms with Gasteiger partial charge in [-0.25, -0.2) is 0 Å². The first-order chi connectivity index (χ1) is 9.14. The van der Waals surface area contributed by atoms with E-state index in [9.17, 15) is 18.8 Å². The molecule has 8 nitrogen and oxygen atoms in total. The molecule has 0 aliphatic rings. The van der Waals surface area contributed by atoms with Gasteiger partial charge in [-0.3, -0.25) is 8.74 Å². The Morgan fingerprint density at radius 3 is 1.95 bits per heavy atom. The maximum atomic E-state index is 9.51. The van der Waals surface area contributed by atoms with Crippen LogP contribution in [0.3, 0.4) is 0 Å². The average molecular weight is 318 g/mol. The van der Waals surface area contributed by atoms with Gasteiger partial charge in [0, 0.05) is 6.42 Å². The first-order valence-corrected chi connectivity index (χ1v) is 7.98. The monoisotopic (exact) mass is 318 g/mol. The van der Waals surface area contributed by atoms with Crippen molar-refractivity contribution in [1.82, 2.24) is 0 Å². The van der Waals surface area contributed by atoms with E-state index < -0.39 is 21.4 Å². The molecule has 0 aromatic rings. The summed E-state index contributed by atoms with van der Waals surface area (Å²) in [6.07, 6.45) is 3.34. The van der Waals surface area contributed by atoms with Crippen molar-refractivity contribution in [3.8, 4) is 0 Å². The molecular formula is C11H28NO7S+. The fourth-order valence-electron chi connectivity index (χ4n) is 1.30. The second-order valence-electron chi connectivity index (χ2n) is 4.14. The molecular weight excluding hydrogens is 290 g/mol. The zero-order chi connectivity index (χ0) is 16.2. The van der Waals surface area contributed by atoms with Gasteiger partial charge in [0.15, 0.2) is 0 Å². The van der Waals surface area contributed by atoms with Gasteiger partial charge in [0.05, 0.1) is 13.7 Å². The van der Waals surface area contributed by atoms with Gasteiger partial charge >= 0.3 is 10.4 Å². The molecule has 0 fully saturated rings. The lowest BCUT2D eigenvalue weighted by molar-refractivity contribution is -1.27. The standard InChI is InChI=1S/C10H24NO3.CH4O4S/c1-4-7-8-9-14-10(5-2)11(12,13)6-3;1-5-6(2,3)4/h10,12-13H,4-9H2,1-3H3;1H3,(H,2,3,4)/q+1;. The first-order valence-electron chi connectivity index (χ1n) is 6.62. The van der Waals surface area contributed by atoms with Crippen LogP contribution in [0.25, 0.3) is 0 Å². The summed E-state index contributed by atoms with van der Waals surface area (Å²) in [6, 6.07) is 0. The molecule has 0 saturated heterocycles. The molecule has 0 aromatic carbocycles. The Bertz CT molecular complexity index is 319. The Morgan fingerprint density at radius 1 is 1.15 bits per heavy atom. The summed E-state index contributed by atoms with van der Waals surface area (Å²) >= 11 is 0. The van der Waals surface area contributed by atoms with Gasteiger partial charge in [-0.2, -0.15) is 18.8 Å². The van der Waals surface area contributed by atoms with E-state index >= 15 is 0 Å². The van der Waals surface area contributed by atoms with E-state index in [0.717, 1.165) is 26.4 Å². The van der Waals surface area contributed by atoms with Crippen LogP contribution >= 0.6 is 0 Å². The lowest BCUT2D eigenvalue weighted by atomic mass is 10.3. The highest BCUT2D eigenvalue weighted by atomic mass is 32.3. The molecule has 0 spiro atoms. The minimum atomic E-state index is -4.16. The van der Waals surface area contributed by atoms with Gasteiger partial charge in [0.2, 0.25) is 0 Å². The minimum absolute atomic E-state index is 0.242. The summed E-state index contributed by atoms with van der Waals surface area (Å²) in [5.74, 6) is 0. The van der Waals surface area contributed by atoms with E-state index in [1.165, 1.54) is 0 Å². The van der Waals surface area contributed by atoms with Gasteiger partial charge < -0.3 is 4.74 Å². The van der Waals surface area contributed by atoms with Gasteiger partial charge in [-0.15, -0.1) is 0 Å². The van der Waals surface area contributed by atoms with Crippen molar-refractivity contribution >= 4 is 10.4 Å². The van der Waals surface area contributed by atoms with Gasteiger partial charge in [-0.1, -0.05) is 26.7 Å². The molecule has 0 aliphatic heterocycles. The Labute approximate surface area is 121 Å². The largest absolute Gasteiger partial charge is 0.397 e. The third-order valence-electron chi connectivity index (χ3n) is 2.54. The molecule has 0 aliphatic carbocycles. The Balaban J connectivity index is 0. The maximum Gasteiger partial charge on any atom is 0.397 e. The molecule has 3 N–H and O–H groups in total. The van der Waals surface area contributed by atoms with Crippen molar-refractivity contribution in [2.24, 2.45) is 0 Å². The molecule has 0 heterocycles. The topological polar surface area (TPSA) is 113 Å². The highest BCUT2D eigenvalue weighted by Gasteiger charge is 2.32. The quantitative estimate of drug-likeness (QED) is 0.196. The SMILES string of the molecule is CCCCCOC(CC)[N+](O)(O)CC.COS(=O)(=O)O. The van der Waals surface area contributed by atoms with Crippen molar-refractivity contribution in [3.05, 3.63) is 0 Å². The summed E-state index contributed by atoms with van der Waals surface area (Å²) in [5.41, 5.74) is 0.